The molecule has 3 heterocycles. The standard InChI is InChI=1S/C26H31BrIN3O6/c1-26(2,3)20-23(32)31-18(24(33)34)13-19(21(31)28)37-22-16-12-15(8-7-14(16)9-10-29-22)17(27)6-4-5-11-36-25(35)30-20/h7-10,12,17-21H,4-6,11,13H2,1-3H3,(H,30,35)(H,33,34)/t17?,18-,19+,20+,21?/m0/s1. The number of nitrogens with one attached hydrogen (secondary N) is 1. The number of fused-ring (bicyclic) bond motifs is 3. The van der Waals surface area contributed by atoms with Crippen LogP contribution in [0.4, 0.5) is 4.79 Å². The number of aromatic nitrogens is 1. The number of nitrogens with zero attached hydrogens (tertiary/aromatic N) is 2. The minimum atomic E-state index is -1.13. The van der Waals surface area contributed by atoms with Crippen molar-refractivity contribution in [3.8, 4) is 5.88 Å². The molecule has 0 saturated carbocycles. The van der Waals surface area contributed by atoms with E-state index in [1.807, 2.05) is 39.0 Å². The van der Waals surface area contributed by atoms with Crippen LogP contribution in [0.3, 0.4) is 0 Å². The molecule has 9 nitrogen and oxygen atoms in total. The number of carbonyl (C=O) groups excluding carboxylic acids is 2. The minimum Gasteiger partial charge on any atom is -0.480 e. The summed E-state index contributed by atoms with van der Waals surface area (Å²) in [5.41, 5.74) is 0.377. The molecule has 4 rings (SSSR count). The number of hydrogen-bond donors (Lipinski definition) is 2. The lowest BCUT2D eigenvalue weighted by Crippen LogP contribution is -2.58. The number of amides is 2. The molecule has 2 amide bonds. The van der Waals surface area contributed by atoms with Crippen molar-refractivity contribution in [1.29, 1.82) is 0 Å². The third-order valence-electron chi connectivity index (χ3n) is 6.74. The molecule has 200 valence electrons. The second kappa shape index (κ2) is 11.3. The molecule has 2 unspecified atom stereocenters. The molecule has 0 aliphatic carbocycles. The van der Waals surface area contributed by atoms with Gasteiger partial charge in [0.2, 0.25) is 11.8 Å². The van der Waals surface area contributed by atoms with Gasteiger partial charge >= 0.3 is 12.1 Å². The van der Waals surface area contributed by atoms with Crippen molar-refractivity contribution in [3.05, 3.63) is 36.0 Å². The molecule has 1 saturated heterocycles. The van der Waals surface area contributed by atoms with Crippen LogP contribution in [0.1, 0.15) is 56.8 Å². The van der Waals surface area contributed by atoms with E-state index in [9.17, 15) is 19.5 Å². The molecule has 2 aliphatic rings. The molecule has 11 heteroatoms. The molecular weight excluding hydrogens is 657 g/mol. The predicted molar refractivity (Wildman–Crippen MR) is 150 cm³/mol. The van der Waals surface area contributed by atoms with Gasteiger partial charge in [-0.15, -0.1) is 0 Å². The summed E-state index contributed by atoms with van der Waals surface area (Å²) in [5, 5.41) is 14.5. The molecule has 1 aromatic heterocycles. The molecule has 4 bridgehead atoms. The lowest BCUT2D eigenvalue weighted by atomic mass is 9.85. The van der Waals surface area contributed by atoms with Crippen molar-refractivity contribution in [2.45, 2.75) is 73.5 Å². The summed E-state index contributed by atoms with van der Waals surface area (Å²) in [6.45, 7) is 5.67. The first kappa shape index (κ1) is 27.9. The van der Waals surface area contributed by atoms with Crippen LogP contribution >= 0.6 is 38.5 Å². The molecular formula is C26H31BrIN3O6. The van der Waals surface area contributed by atoms with Crippen LogP contribution in [-0.2, 0) is 14.3 Å². The number of rotatable bonds is 1. The Kier molecular flexibility index (Phi) is 8.51. The van der Waals surface area contributed by atoms with Gasteiger partial charge in [0, 0.05) is 22.8 Å². The third kappa shape index (κ3) is 6.13. The second-order valence-corrected chi connectivity index (χ2v) is 12.9. The van der Waals surface area contributed by atoms with Crippen LogP contribution in [0.25, 0.3) is 10.8 Å². The maximum atomic E-state index is 13.8. The quantitative estimate of drug-likeness (QED) is 0.241. The number of ether oxygens (including phenoxy) is 2. The smallest absolute Gasteiger partial charge is 0.407 e. The van der Waals surface area contributed by atoms with Gasteiger partial charge in [-0.1, -0.05) is 71.4 Å². The first-order valence-electron chi connectivity index (χ1n) is 12.3. The Balaban J connectivity index is 1.76. The lowest BCUT2D eigenvalue weighted by molar-refractivity contribution is -0.150. The Morgan fingerprint density at radius 1 is 1.24 bits per heavy atom. The molecule has 1 aromatic carbocycles. The van der Waals surface area contributed by atoms with E-state index in [1.54, 1.807) is 6.20 Å². The van der Waals surface area contributed by atoms with Crippen LogP contribution in [0.2, 0.25) is 0 Å². The number of carboxylic acid groups (broad SMARTS) is 1. The van der Waals surface area contributed by atoms with Crippen molar-refractivity contribution in [3.63, 3.8) is 0 Å². The fourth-order valence-electron chi connectivity index (χ4n) is 4.70. The van der Waals surface area contributed by atoms with E-state index in [2.05, 4.69) is 54.9 Å². The van der Waals surface area contributed by atoms with E-state index < -0.39 is 45.6 Å². The molecule has 1 fully saturated rings. The van der Waals surface area contributed by atoms with Gasteiger partial charge in [-0.05, 0) is 47.8 Å². The van der Waals surface area contributed by atoms with Crippen LogP contribution in [0.5, 0.6) is 5.88 Å². The average Bonchev–Trinajstić information content (AvgIpc) is 3.16. The van der Waals surface area contributed by atoms with E-state index in [-0.39, 0.29) is 17.9 Å². The maximum Gasteiger partial charge on any atom is 0.407 e. The van der Waals surface area contributed by atoms with Crippen molar-refractivity contribution in [2.24, 2.45) is 5.41 Å². The van der Waals surface area contributed by atoms with Gasteiger partial charge < -0.3 is 24.8 Å². The Morgan fingerprint density at radius 2 is 2.00 bits per heavy atom. The SMILES string of the molecule is CC(C)(C)[C@@H]1NC(=O)OCCCCC(Br)c2ccc3ccnc(c3c2)O[C@@H]2C[C@@H](C(=O)O)N(C1=O)C2I. The number of pyridine rings is 1. The number of benzene rings is 1. The van der Waals surface area contributed by atoms with Gasteiger partial charge in [0.15, 0.2) is 0 Å². The highest BCUT2D eigenvalue weighted by Gasteiger charge is 2.51. The van der Waals surface area contributed by atoms with Crippen molar-refractivity contribution >= 4 is 67.3 Å². The van der Waals surface area contributed by atoms with E-state index in [4.69, 9.17) is 9.47 Å². The molecule has 5 atom stereocenters. The third-order valence-corrected chi connectivity index (χ3v) is 9.13. The van der Waals surface area contributed by atoms with Gasteiger partial charge in [-0.3, -0.25) is 4.79 Å². The first-order valence-corrected chi connectivity index (χ1v) is 14.4. The normalized spacial score (nSPS) is 27.7. The molecule has 2 aliphatic heterocycles. The summed E-state index contributed by atoms with van der Waals surface area (Å²) >= 11 is 5.83. The van der Waals surface area contributed by atoms with Crippen molar-refractivity contribution in [1.82, 2.24) is 15.2 Å². The summed E-state index contributed by atoms with van der Waals surface area (Å²) in [6.07, 6.45) is 2.77. The molecule has 2 N–H and O–H groups in total. The zero-order chi connectivity index (χ0) is 26.9. The average molecular weight is 688 g/mol. The van der Waals surface area contributed by atoms with Gasteiger partial charge in [0.25, 0.3) is 0 Å². The predicted octanol–water partition coefficient (Wildman–Crippen LogP) is 5.19. The number of cyclic esters (lactones) is 1. The van der Waals surface area contributed by atoms with E-state index in [0.29, 0.717) is 12.3 Å². The summed E-state index contributed by atoms with van der Waals surface area (Å²) < 4.78 is 11.1. The highest BCUT2D eigenvalue weighted by atomic mass is 127. The Hall–Kier alpha value is -2.15. The Labute approximate surface area is 237 Å². The van der Waals surface area contributed by atoms with Crippen molar-refractivity contribution in [2.75, 3.05) is 6.61 Å². The van der Waals surface area contributed by atoms with Crippen LogP contribution in [0, 0.1) is 5.41 Å². The highest BCUT2D eigenvalue weighted by molar-refractivity contribution is 14.1. The summed E-state index contributed by atoms with van der Waals surface area (Å²) in [6, 6.07) is 5.91. The van der Waals surface area contributed by atoms with Gasteiger partial charge in [-0.2, -0.15) is 0 Å². The highest BCUT2D eigenvalue weighted by Crippen LogP contribution is 2.38. The lowest BCUT2D eigenvalue weighted by Gasteiger charge is -2.36. The molecule has 2 aromatic rings. The topological polar surface area (TPSA) is 118 Å². The molecule has 37 heavy (non-hydrogen) atoms. The largest absolute Gasteiger partial charge is 0.480 e. The van der Waals surface area contributed by atoms with Crippen molar-refractivity contribution < 1.29 is 29.0 Å². The molecule has 0 radical (unpaired) electrons. The number of alkyl halides is 2. The summed E-state index contributed by atoms with van der Waals surface area (Å²) in [5.74, 6) is -1.21. The van der Waals surface area contributed by atoms with E-state index >= 15 is 0 Å². The molecule has 0 spiro atoms. The van der Waals surface area contributed by atoms with Gasteiger partial charge in [0.05, 0.1) is 6.61 Å². The maximum absolute atomic E-state index is 13.8. The summed E-state index contributed by atoms with van der Waals surface area (Å²) in [7, 11) is 0. The number of hydrogen-bond acceptors (Lipinski definition) is 6. The Bertz CT molecular complexity index is 1190. The zero-order valence-corrected chi connectivity index (χ0v) is 24.7. The minimum absolute atomic E-state index is 0.0921. The van der Waals surface area contributed by atoms with Crippen LogP contribution < -0.4 is 10.1 Å². The van der Waals surface area contributed by atoms with Crippen LogP contribution in [-0.4, -0.2) is 61.8 Å². The Morgan fingerprint density at radius 3 is 2.70 bits per heavy atom. The van der Waals surface area contributed by atoms with Gasteiger partial charge in [-0.25, -0.2) is 14.6 Å². The number of aliphatic carboxylic acids is 1. The van der Waals surface area contributed by atoms with E-state index in [0.717, 1.165) is 29.2 Å². The fourth-order valence-corrected chi connectivity index (χ4v) is 6.41. The number of carbonyl (C=O) groups is 3. The number of halogens is 2. The number of carboxylic acids is 1. The van der Waals surface area contributed by atoms with Crippen LogP contribution in [0.15, 0.2) is 30.5 Å². The van der Waals surface area contributed by atoms with Gasteiger partial charge in [0.1, 0.15) is 22.2 Å². The first-order chi connectivity index (χ1) is 17.5. The fraction of sp³-hybridized carbons (Fsp3) is 0.538. The monoisotopic (exact) mass is 687 g/mol. The summed E-state index contributed by atoms with van der Waals surface area (Å²) in [4.78, 5) is 44.5. The van der Waals surface area contributed by atoms with E-state index in [1.165, 1.54) is 4.90 Å². The zero-order valence-electron chi connectivity index (χ0n) is 20.9. The second-order valence-electron chi connectivity index (χ2n) is 10.5. The number of alkyl carbamates (subject to hydrolysis) is 1.